The Morgan fingerprint density at radius 2 is 1.60 bits per heavy atom. The van der Waals surface area contributed by atoms with Gasteiger partial charge in [0.25, 0.3) is 11.8 Å². The molecule has 0 radical (unpaired) electrons. The number of hydrogen-bond acceptors (Lipinski definition) is 6. The number of nitrogens with zero attached hydrogens (tertiary/aromatic N) is 2. The Labute approximate surface area is 201 Å². The predicted octanol–water partition coefficient (Wildman–Crippen LogP) is 5.08. The van der Waals surface area contributed by atoms with Gasteiger partial charge in [-0.25, -0.2) is 9.97 Å². The van der Waals surface area contributed by atoms with Crippen molar-refractivity contribution in [1.82, 2.24) is 20.8 Å². The van der Waals surface area contributed by atoms with Crippen molar-refractivity contribution in [3.05, 3.63) is 75.8 Å². The van der Waals surface area contributed by atoms with Gasteiger partial charge in [0.05, 0.1) is 28.8 Å². The molecule has 0 aliphatic heterocycles. The van der Waals surface area contributed by atoms with Crippen LogP contribution in [0.4, 0.5) is 13.2 Å². The maximum atomic E-state index is 12.8. The Kier molecular flexibility index (Phi) is 6.44. The van der Waals surface area contributed by atoms with E-state index in [2.05, 4.69) is 20.8 Å². The number of halogens is 3. The molecule has 2 heterocycles. The van der Waals surface area contributed by atoms with Gasteiger partial charge < -0.3 is 4.74 Å². The number of rotatable bonds is 4. The van der Waals surface area contributed by atoms with Crippen LogP contribution in [0.15, 0.2) is 48.5 Å². The van der Waals surface area contributed by atoms with Crippen LogP contribution < -0.4 is 15.6 Å². The van der Waals surface area contributed by atoms with Gasteiger partial charge in [0.2, 0.25) is 0 Å². The van der Waals surface area contributed by atoms with E-state index in [1.54, 1.807) is 20.1 Å². The fourth-order valence-corrected chi connectivity index (χ4v) is 4.69. The molecule has 0 aliphatic rings. The Morgan fingerprint density at radius 3 is 2.26 bits per heavy atom. The first kappa shape index (κ1) is 24.1. The van der Waals surface area contributed by atoms with Gasteiger partial charge in [0, 0.05) is 10.9 Å². The number of methoxy groups -OCH3 is 1. The SMILES string of the molecule is COc1ccccc1-c1nc(C)c2c(C)c(C(=O)NNC(=O)c3ccc(C(F)(F)F)cc3)sc2n1. The van der Waals surface area contributed by atoms with Crippen molar-refractivity contribution in [3.63, 3.8) is 0 Å². The number of hydrogen-bond donors (Lipinski definition) is 2. The highest BCUT2D eigenvalue weighted by Crippen LogP contribution is 2.35. The van der Waals surface area contributed by atoms with Crippen molar-refractivity contribution in [2.24, 2.45) is 0 Å². The van der Waals surface area contributed by atoms with Gasteiger partial charge in [-0.05, 0) is 55.8 Å². The van der Waals surface area contributed by atoms with Gasteiger partial charge in [-0.3, -0.25) is 20.4 Å². The molecular weight excluding hydrogens is 481 g/mol. The maximum Gasteiger partial charge on any atom is 0.416 e. The average Bonchev–Trinajstić information content (AvgIpc) is 3.18. The zero-order chi connectivity index (χ0) is 25.3. The van der Waals surface area contributed by atoms with Gasteiger partial charge in [0.15, 0.2) is 5.82 Å². The third-order valence-corrected chi connectivity index (χ3v) is 6.47. The molecule has 0 atom stereocenters. The molecule has 0 unspecified atom stereocenters. The lowest BCUT2D eigenvalue weighted by molar-refractivity contribution is -0.137. The topological polar surface area (TPSA) is 93.2 Å². The number of alkyl halides is 3. The van der Waals surface area contributed by atoms with Gasteiger partial charge in [-0.2, -0.15) is 13.2 Å². The van der Waals surface area contributed by atoms with E-state index in [9.17, 15) is 22.8 Å². The van der Waals surface area contributed by atoms with Crippen LogP contribution in [0, 0.1) is 13.8 Å². The van der Waals surface area contributed by atoms with Crippen LogP contribution >= 0.6 is 11.3 Å². The number of fused-ring (bicyclic) bond motifs is 1. The van der Waals surface area contributed by atoms with Crippen LogP contribution in [0.2, 0.25) is 0 Å². The highest BCUT2D eigenvalue weighted by atomic mass is 32.1. The molecule has 4 rings (SSSR count). The number of aromatic nitrogens is 2. The number of ether oxygens (including phenoxy) is 1. The lowest BCUT2D eigenvalue weighted by atomic mass is 10.1. The first-order chi connectivity index (χ1) is 16.6. The second-order valence-corrected chi connectivity index (χ2v) is 8.55. The smallest absolute Gasteiger partial charge is 0.416 e. The molecule has 2 N–H and O–H groups in total. The second-order valence-electron chi connectivity index (χ2n) is 7.55. The van der Waals surface area contributed by atoms with E-state index in [0.29, 0.717) is 38.1 Å². The Bertz CT molecular complexity index is 1430. The fourth-order valence-electron chi connectivity index (χ4n) is 3.56. The van der Waals surface area contributed by atoms with E-state index >= 15 is 0 Å². The standard InChI is InChI=1S/C24H19F3N4O3S/c1-12-18-13(2)28-20(16-6-4-5-7-17(16)34-3)29-23(18)35-19(12)22(33)31-30-21(32)14-8-10-15(11-9-14)24(25,26)27/h4-11H,1-3H3,(H,30,32)(H,31,33). The van der Waals surface area contributed by atoms with E-state index in [1.807, 2.05) is 25.1 Å². The van der Waals surface area contributed by atoms with Crippen LogP contribution in [-0.4, -0.2) is 28.9 Å². The lowest BCUT2D eigenvalue weighted by Crippen LogP contribution is -2.41. The van der Waals surface area contributed by atoms with Crippen molar-refractivity contribution in [3.8, 4) is 17.1 Å². The number of thiophene rings is 1. The summed E-state index contributed by atoms with van der Waals surface area (Å²) in [5.41, 5.74) is 5.67. The molecule has 11 heteroatoms. The summed E-state index contributed by atoms with van der Waals surface area (Å²) in [6.07, 6.45) is -4.51. The van der Waals surface area contributed by atoms with Crippen LogP contribution in [0.25, 0.3) is 21.6 Å². The predicted molar refractivity (Wildman–Crippen MR) is 125 cm³/mol. The van der Waals surface area contributed by atoms with E-state index < -0.39 is 23.6 Å². The third-order valence-electron chi connectivity index (χ3n) is 5.29. The minimum Gasteiger partial charge on any atom is -0.496 e. The number of benzene rings is 2. The number of nitrogens with one attached hydrogen (secondary N) is 2. The summed E-state index contributed by atoms with van der Waals surface area (Å²) in [6, 6.07) is 11.0. The summed E-state index contributed by atoms with van der Waals surface area (Å²) in [5.74, 6) is -0.260. The van der Waals surface area contributed by atoms with Crippen molar-refractivity contribution in [2.45, 2.75) is 20.0 Å². The van der Waals surface area contributed by atoms with E-state index in [0.717, 1.165) is 41.0 Å². The Morgan fingerprint density at radius 1 is 0.943 bits per heavy atom. The second kappa shape index (κ2) is 9.34. The first-order valence-electron chi connectivity index (χ1n) is 10.3. The normalized spacial score (nSPS) is 11.4. The molecule has 35 heavy (non-hydrogen) atoms. The number of carbonyl (C=O) groups excluding carboxylic acids is 2. The summed E-state index contributed by atoms with van der Waals surface area (Å²) >= 11 is 1.14. The van der Waals surface area contributed by atoms with Crippen molar-refractivity contribution >= 4 is 33.4 Å². The summed E-state index contributed by atoms with van der Waals surface area (Å²) in [6.45, 7) is 3.57. The minimum absolute atomic E-state index is 0.0328. The monoisotopic (exact) mass is 500 g/mol. The molecule has 0 bridgehead atoms. The van der Waals surface area contributed by atoms with Gasteiger partial charge in [-0.15, -0.1) is 11.3 Å². The average molecular weight is 501 g/mol. The third kappa shape index (κ3) is 4.80. The molecule has 4 aromatic rings. The molecule has 0 saturated carbocycles. The maximum absolute atomic E-state index is 12.8. The molecule has 180 valence electrons. The highest BCUT2D eigenvalue weighted by molar-refractivity contribution is 7.20. The van der Waals surface area contributed by atoms with E-state index in [1.165, 1.54) is 0 Å². The summed E-state index contributed by atoms with van der Waals surface area (Å²) in [4.78, 5) is 35.2. The molecule has 0 saturated heterocycles. The number of hydrazine groups is 1. The van der Waals surface area contributed by atoms with Crippen LogP contribution in [0.5, 0.6) is 5.75 Å². The quantitative estimate of drug-likeness (QED) is 0.382. The lowest BCUT2D eigenvalue weighted by Gasteiger charge is -2.09. The molecular formula is C24H19F3N4O3S. The Hall–Kier alpha value is -3.99. The van der Waals surface area contributed by atoms with E-state index in [4.69, 9.17) is 4.74 Å². The summed E-state index contributed by atoms with van der Waals surface area (Å²) in [7, 11) is 1.56. The van der Waals surface area contributed by atoms with Crippen molar-refractivity contribution < 1.29 is 27.5 Å². The zero-order valence-corrected chi connectivity index (χ0v) is 19.6. The first-order valence-corrected chi connectivity index (χ1v) is 11.1. The zero-order valence-electron chi connectivity index (χ0n) is 18.8. The fraction of sp³-hybridized carbons (Fsp3) is 0.167. The van der Waals surface area contributed by atoms with Gasteiger partial charge >= 0.3 is 6.18 Å². The number of aryl methyl sites for hydroxylation is 2. The number of para-hydroxylation sites is 1. The van der Waals surface area contributed by atoms with Gasteiger partial charge in [0.1, 0.15) is 10.6 Å². The molecule has 0 fully saturated rings. The van der Waals surface area contributed by atoms with Crippen LogP contribution in [0.3, 0.4) is 0 Å². The molecule has 7 nitrogen and oxygen atoms in total. The highest BCUT2D eigenvalue weighted by Gasteiger charge is 2.30. The number of amides is 2. The van der Waals surface area contributed by atoms with Crippen molar-refractivity contribution in [1.29, 1.82) is 0 Å². The van der Waals surface area contributed by atoms with Crippen LogP contribution in [0.1, 0.15) is 36.9 Å². The number of carbonyl (C=O) groups is 2. The molecule has 2 aromatic carbocycles. The minimum atomic E-state index is -4.51. The summed E-state index contributed by atoms with van der Waals surface area (Å²) < 4.78 is 43.5. The van der Waals surface area contributed by atoms with Crippen LogP contribution in [-0.2, 0) is 6.18 Å². The molecule has 0 spiro atoms. The Balaban J connectivity index is 1.55. The summed E-state index contributed by atoms with van der Waals surface area (Å²) in [5, 5.41) is 0.730. The molecule has 0 aliphatic carbocycles. The largest absolute Gasteiger partial charge is 0.496 e. The molecule has 2 amide bonds. The van der Waals surface area contributed by atoms with Crippen molar-refractivity contribution in [2.75, 3.05) is 7.11 Å². The van der Waals surface area contributed by atoms with Gasteiger partial charge in [-0.1, -0.05) is 12.1 Å². The molecule has 2 aromatic heterocycles. The van der Waals surface area contributed by atoms with E-state index in [-0.39, 0.29) is 5.56 Å².